The van der Waals surface area contributed by atoms with Gasteiger partial charge in [-0.15, -0.1) is 0 Å². The van der Waals surface area contributed by atoms with Crippen LogP contribution in [0.3, 0.4) is 0 Å². The van der Waals surface area contributed by atoms with Gasteiger partial charge in [-0.05, 0) is 25.0 Å². The first-order chi connectivity index (χ1) is 14.0. The standard InChI is InChI=1S/C22H33N3O4/c1-4-29-20-8-6-5-7-18(20)25-15-17(13-21(25)26)22(27)23-14-19(16(2)3)24-9-11-28-12-10-24/h5-8,16-17,19H,4,9-15H2,1-3H3,(H,23,27). The number of hydrogen-bond acceptors (Lipinski definition) is 5. The molecule has 7 nitrogen and oxygen atoms in total. The number of amides is 2. The van der Waals surface area contributed by atoms with Crippen molar-refractivity contribution in [3.8, 4) is 5.75 Å². The maximum absolute atomic E-state index is 12.8. The molecule has 2 saturated heterocycles. The van der Waals surface area contributed by atoms with Crippen molar-refractivity contribution in [3.63, 3.8) is 0 Å². The van der Waals surface area contributed by atoms with Crippen molar-refractivity contribution in [1.29, 1.82) is 0 Å². The molecular weight excluding hydrogens is 370 g/mol. The molecule has 1 N–H and O–H groups in total. The molecule has 0 saturated carbocycles. The maximum atomic E-state index is 12.8. The molecule has 0 radical (unpaired) electrons. The molecule has 0 aliphatic carbocycles. The lowest BCUT2D eigenvalue weighted by Gasteiger charge is -2.37. The van der Waals surface area contributed by atoms with Crippen LogP contribution in [-0.4, -0.2) is 68.8 Å². The first-order valence-corrected chi connectivity index (χ1v) is 10.6. The fourth-order valence-corrected chi connectivity index (χ4v) is 4.12. The van der Waals surface area contributed by atoms with Crippen LogP contribution in [0.5, 0.6) is 5.75 Å². The number of ether oxygens (including phenoxy) is 2. The van der Waals surface area contributed by atoms with Gasteiger partial charge >= 0.3 is 0 Å². The average molecular weight is 404 g/mol. The topological polar surface area (TPSA) is 71.1 Å². The number of rotatable bonds is 8. The number of carbonyl (C=O) groups excluding carboxylic acids is 2. The maximum Gasteiger partial charge on any atom is 0.227 e. The van der Waals surface area contributed by atoms with Crippen molar-refractivity contribution < 1.29 is 19.1 Å². The van der Waals surface area contributed by atoms with Crippen LogP contribution in [0, 0.1) is 11.8 Å². The van der Waals surface area contributed by atoms with E-state index in [9.17, 15) is 9.59 Å². The van der Waals surface area contributed by atoms with E-state index >= 15 is 0 Å². The van der Waals surface area contributed by atoms with Gasteiger partial charge in [-0.3, -0.25) is 14.5 Å². The largest absolute Gasteiger partial charge is 0.492 e. The normalized spacial score (nSPS) is 21.4. The zero-order valence-electron chi connectivity index (χ0n) is 17.7. The van der Waals surface area contributed by atoms with Gasteiger partial charge in [-0.1, -0.05) is 26.0 Å². The highest BCUT2D eigenvalue weighted by Crippen LogP contribution is 2.33. The van der Waals surface area contributed by atoms with Gasteiger partial charge in [0, 0.05) is 38.6 Å². The third kappa shape index (κ3) is 5.28. The van der Waals surface area contributed by atoms with Crippen molar-refractivity contribution in [2.45, 2.75) is 33.2 Å². The van der Waals surface area contributed by atoms with Crippen LogP contribution in [0.1, 0.15) is 27.2 Å². The SMILES string of the molecule is CCOc1ccccc1N1CC(C(=O)NCC(C(C)C)N2CCOCC2)CC1=O. The van der Waals surface area contributed by atoms with Gasteiger partial charge in [0.1, 0.15) is 5.75 Å². The Morgan fingerprint density at radius 3 is 2.69 bits per heavy atom. The van der Waals surface area contributed by atoms with Crippen molar-refractivity contribution in [2.75, 3.05) is 50.9 Å². The number of morpholine rings is 1. The summed E-state index contributed by atoms with van der Waals surface area (Å²) >= 11 is 0. The molecule has 160 valence electrons. The number of benzene rings is 1. The minimum absolute atomic E-state index is 0.0362. The van der Waals surface area contributed by atoms with Gasteiger partial charge in [0.05, 0.1) is 31.4 Å². The number of nitrogens with one attached hydrogen (secondary N) is 1. The summed E-state index contributed by atoms with van der Waals surface area (Å²) in [5.41, 5.74) is 0.739. The second-order valence-electron chi connectivity index (χ2n) is 8.01. The number of hydrogen-bond donors (Lipinski definition) is 1. The molecule has 2 fully saturated rings. The quantitative estimate of drug-likeness (QED) is 0.718. The van der Waals surface area contributed by atoms with E-state index in [0.29, 0.717) is 31.4 Å². The lowest BCUT2D eigenvalue weighted by atomic mass is 10.0. The van der Waals surface area contributed by atoms with E-state index < -0.39 is 0 Å². The molecule has 3 rings (SSSR count). The summed E-state index contributed by atoms with van der Waals surface area (Å²) in [7, 11) is 0. The molecule has 1 aromatic carbocycles. The fraction of sp³-hybridized carbons (Fsp3) is 0.636. The molecule has 7 heteroatoms. The predicted molar refractivity (Wildman–Crippen MR) is 112 cm³/mol. The second kappa shape index (κ2) is 10.1. The van der Waals surface area contributed by atoms with E-state index in [2.05, 4.69) is 24.1 Å². The minimum Gasteiger partial charge on any atom is -0.492 e. The second-order valence-corrected chi connectivity index (χ2v) is 8.01. The van der Waals surface area contributed by atoms with Gasteiger partial charge in [-0.25, -0.2) is 0 Å². The molecule has 0 spiro atoms. The lowest BCUT2D eigenvalue weighted by Crippen LogP contribution is -2.51. The third-order valence-corrected chi connectivity index (χ3v) is 5.72. The minimum atomic E-state index is -0.338. The van der Waals surface area contributed by atoms with Crippen molar-refractivity contribution >= 4 is 17.5 Å². The Morgan fingerprint density at radius 2 is 2.00 bits per heavy atom. The summed E-state index contributed by atoms with van der Waals surface area (Å²) in [5.74, 6) is 0.680. The Morgan fingerprint density at radius 1 is 1.28 bits per heavy atom. The van der Waals surface area contributed by atoms with Crippen LogP contribution in [0.15, 0.2) is 24.3 Å². The molecule has 0 aromatic heterocycles. The van der Waals surface area contributed by atoms with Crippen molar-refractivity contribution in [3.05, 3.63) is 24.3 Å². The average Bonchev–Trinajstić information content (AvgIpc) is 3.11. The number of anilines is 1. The van der Waals surface area contributed by atoms with E-state index in [4.69, 9.17) is 9.47 Å². The van der Waals surface area contributed by atoms with Crippen LogP contribution < -0.4 is 15.0 Å². The monoisotopic (exact) mass is 403 g/mol. The zero-order chi connectivity index (χ0) is 20.8. The molecule has 2 unspecified atom stereocenters. The van der Waals surface area contributed by atoms with E-state index in [1.807, 2.05) is 31.2 Å². The van der Waals surface area contributed by atoms with Crippen LogP contribution in [0.2, 0.25) is 0 Å². The van der Waals surface area contributed by atoms with Gasteiger partial charge in [0.2, 0.25) is 11.8 Å². The molecular formula is C22H33N3O4. The van der Waals surface area contributed by atoms with Crippen LogP contribution in [0.4, 0.5) is 5.69 Å². The van der Waals surface area contributed by atoms with Gasteiger partial charge in [0.15, 0.2) is 0 Å². The predicted octanol–water partition coefficient (Wildman–Crippen LogP) is 1.91. The zero-order valence-corrected chi connectivity index (χ0v) is 17.7. The Kier molecular flexibility index (Phi) is 7.50. The smallest absolute Gasteiger partial charge is 0.227 e. The number of para-hydroxylation sites is 2. The summed E-state index contributed by atoms with van der Waals surface area (Å²) in [4.78, 5) is 29.5. The summed E-state index contributed by atoms with van der Waals surface area (Å²) in [6.45, 7) is 11.0. The highest BCUT2D eigenvalue weighted by atomic mass is 16.5. The Bertz CT molecular complexity index is 703. The first kappa shape index (κ1) is 21.6. The number of carbonyl (C=O) groups is 2. The number of nitrogens with zero attached hydrogens (tertiary/aromatic N) is 2. The molecule has 2 heterocycles. The molecule has 2 aliphatic heterocycles. The summed E-state index contributed by atoms with van der Waals surface area (Å²) in [6.07, 6.45) is 0.232. The molecule has 1 aromatic rings. The Hall–Kier alpha value is -2.12. The highest BCUT2D eigenvalue weighted by molar-refractivity contribution is 6.01. The Balaban J connectivity index is 1.60. The van der Waals surface area contributed by atoms with Crippen LogP contribution >= 0.6 is 0 Å². The summed E-state index contributed by atoms with van der Waals surface area (Å²) in [6, 6.07) is 7.77. The third-order valence-electron chi connectivity index (χ3n) is 5.72. The van der Waals surface area contributed by atoms with E-state index in [0.717, 1.165) is 32.0 Å². The molecule has 2 aliphatic rings. The van der Waals surface area contributed by atoms with Crippen LogP contribution in [0.25, 0.3) is 0 Å². The lowest BCUT2D eigenvalue weighted by molar-refractivity contribution is -0.126. The molecule has 2 atom stereocenters. The van der Waals surface area contributed by atoms with Crippen molar-refractivity contribution in [1.82, 2.24) is 10.2 Å². The fourth-order valence-electron chi connectivity index (χ4n) is 4.12. The van der Waals surface area contributed by atoms with E-state index in [1.165, 1.54) is 0 Å². The molecule has 29 heavy (non-hydrogen) atoms. The molecule has 0 bridgehead atoms. The van der Waals surface area contributed by atoms with E-state index in [1.54, 1.807) is 4.90 Å². The van der Waals surface area contributed by atoms with Gasteiger partial charge < -0.3 is 19.7 Å². The summed E-state index contributed by atoms with van der Waals surface area (Å²) in [5, 5.41) is 3.10. The Labute approximate surface area is 173 Å². The van der Waals surface area contributed by atoms with Gasteiger partial charge in [-0.2, -0.15) is 0 Å². The van der Waals surface area contributed by atoms with E-state index in [-0.39, 0.29) is 30.2 Å². The highest BCUT2D eigenvalue weighted by Gasteiger charge is 2.36. The van der Waals surface area contributed by atoms with Gasteiger partial charge in [0.25, 0.3) is 0 Å². The molecule has 2 amide bonds. The first-order valence-electron chi connectivity index (χ1n) is 10.6. The summed E-state index contributed by atoms with van der Waals surface area (Å²) < 4.78 is 11.1. The van der Waals surface area contributed by atoms with Crippen molar-refractivity contribution in [2.24, 2.45) is 11.8 Å². The van der Waals surface area contributed by atoms with Crippen LogP contribution in [-0.2, 0) is 14.3 Å².